The number of rotatable bonds is 3. The highest BCUT2D eigenvalue weighted by Crippen LogP contribution is 2.26. The van der Waals surface area contributed by atoms with Crippen LogP contribution in [0.3, 0.4) is 0 Å². The quantitative estimate of drug-likeness (QED) is 0.643. The van der Waals surface area contributed by atoms with E-state index in [0.717, 1.165) is 6.07 Å². The Morgan fingerprint density at radius 2 is 2.19 bits per heavy atom. The van der Waals surface area contributed by atoms with E-state index in [2.05, 4.69) is 15.9 Å². The lowest BCUT2D eigenvalue weighted by Crippen LogP contribution is -2.48. The van der Waals surface area contributed by atoms with Crippen LogP contribution in [0.2, 0.25) is 0 Å². The van der Waals surface area contributed by atoms with Gasteiger partial charge in [-0.05, 0) is 28.1 Å². The van der Waals surface area contributed by atoms with Gasteiger partial charge in [0.25, 0.3) is 11.6 Å². The maximum absolute atomic E-state index is 12.3. The van der Waals surface area contributed by atoms with Gasteiger partial charge in [0.05, 0.1) is 22.5 Å². The van der Waals surface area contributed by atoms with E-state index >= 15 is 0 Å². The number of hydrogen-bond acceptors (Lipinski definition) is 5. The molecule has 1 aliphatic rings. The van der Waals surface area contributed by atoms with Crippen molar-refractivity contribution in [3.63, 3.8) is 0 Å². The Bertz CT molecular complexity index is 605. The summed E-state index contributed by atoms with van der Waals surface area (Å²) in [5, 5.41) is 19.8. The average molecular weight is 359 g/mol. The summed E-state index contributed by atoms with van der Waals surface area (Å²) in [5.41, 5.74) is -0.0835. The van der Waals surface area contributed by atoms with Crippen molar-refractivity contribution in [3.8, 4) is 0 Å². The number of nitrogens with zero attached hydrogens (tertiary/aromatic N) is 2. The maximum atomic E-state index is 12.3. The molecule has 1 aromatic rings. The third-order valence-corrected chi connectivity index (χ3v) is 3.69. The van der Waals surface area contributed by atoms with Crippen LogP contribution in [-0.2, 0) is 9.53 Å². The van der Waals surface area contributed by atoms with Crippen LogP contribution in [0.5, 0.6) is 0 Å². The second-order valence-corrected chi connectivity index (χ2v) is 5.23. The zero-order valence-corrected chi connectivity index (χ0v) is 12.3. The first-order valence-electron chi connectivity index (χ1n) is 5.97. The lowest BCUT2D eigenvalue weighted by atomic mass is 10.1. The Balaban J connectivity index is 2.22. The molecule has 8 nitrogen and oxygen atoms in total. The fourth-order valence-electron chi connectivity index (χ4n) is 1.95. The van der Waals surface area contributed by atoms with E-state index in [1.165, 1.54) is 17.0 Å². The van der Waals surface area contributed by atoms with Gasteiger partial charge in [0.15, 0.2) is 6.10 Å². The molecular weight excluding hydrogens is 348 g/mol. The summed E-state index contributed by atoms with van der Waals surface area (Å²) in [7, 11) is 0. The van der Waals surface area contributed by atoms with Gasteiger partial charge < -0.3 is 14.7 Å². The number of carbonyl (C=O) groups excluding carboxylic acids is 1. The first-order chi connectivity index (χ1) is 9.90. The van der Waals surface area contributed by atoms with Crippen molar-refractivity contribution in [3.05, 3.63) is 38.3 Å². The summed E-state index contributed by atoms with van der Waals surface area (Å²) in [6, 6.07) is 4.03. The second kappa shape index (κ2) is 6.19. The molecule has 1 saturated heterocycles. The van der Waals surface area contributed by atoms with Crippen LogP contribution < -0.4 is 0 Å². The topological polar surface area (TPSA) is 110 Å². The number of ether oxygens (including phenoxy) is 1. The molecule has 112 valence electrons. The number of nitro benzene ring substituents is 1. The second-order valence-electron chi connectivity index (χ2n) is 4.37. The third-order valence-electron chi connectivity index (χ3n) is 3.02. The smallest absolute Gasteiger partial charge is 0.334 e. The minimum absolute atomic E-state index is 0.0853. The standard InChI is InChI=1S/C12H11BrN2O6/c13-8-2-1-7(5-9(8)15(19)20)11(16)14-3-4-21-10(6-14)12(17)18/h1-2,5,10H,3-4,6H2,(H,17,18). The van der Waals surface area contributed by atoms with Gasteiger partial charge in [0.1, 0.15) is 0 Å². The molecule has 0 bridgehead atoms. The molecule has 9 heteroatoms. The van der Waals surface area contributed by atoms with E-state index in [4.69, 9.17) is 9.84 Å². The summed E-state index contributed by atoms with van der Waals surface area (Å²) < 4.78 is 5.30. The molecule has 1 atom stereocenters. The Morgan fingerprint density at radius 1 is 1.48 bits per heavy atom. The number of halogens is 1. The van der Waals surface area contributed by atoms with Crippen LogP contribution in [0.15, 0.2) is 22.7 Å². The van der Waals surface area contributed by atoms with Gasteiger partial charge in [-0.1, -0.05) is 0 Å². The van der Waals surface area contributed by atoms with E-state index in [1.54, 1.807) is 0 Å². The highest BCUT2D eigenvalue weighted by molar-refractivity contribution is 9.10. The van der Waals surface area contributed by atoms with Crippen LogP contribution in [0.1, 0.15) is 10.4 Å². The van der Waals surface area contributed by atoms with Crippen LogP contribution in [0, 0.1) is 10.1 Å². The molecule has 21 heavy (non-hydrogen) atoms. The molecular formula is C12H11BrN2O6. The Morgan fingerprint density at radius 3 is 2.81 bits per heavy atom. The summed E-state index contributed by atoms with van der Waals surface area (Å²) in [6.07, 6.45) is -1.08. The molecule has 0 radical (unpaired) electrons. The third kappa shape index (κ3) is 3.37. The van der Waals surface area contributed by atoms with E-state index in [-0.39, 0.29) is 35.4 Å². The van der Waals surface area contributed by atoms with Gasteiger partial charge in [-0.25, -0.2) is 4.79 Å². The molecule has 1 fully saturated rings. The van der Waals surface area contributed by atoms with Crippen molar-refractivity contribution in [2.24, 2.45) is 0 Å². The number of carboxylic acids is 1. The van der Waals surface area contributed by atoms with Crippen molar-refractivity contribution in [1.29, 1.82) is 0 Å². The van der Waals surface area contributed by atoms with Gasteiger partial charge >= 0.3 is 5.97 Å². The number of benzene rings is 1. The van der Waals surface area contributed by atoms with Gasteiger partial charge in [-0.2, -0.15) is 0 Å². The number of carbonyl (C=O) groups is 2. The van der Waals surface area contributed by atoms with Crippen molar-refractivity contribution < 1.29 is 24.4 Å². The largest absolute Gasteiger partial charge is 0.479 e. The van der Waals surface area contributed by atoms with E-state index in [1.807, 2.05) is 0 Å². The van der Waals surface area contributed by atoms with E-state index in [0.29, 0.717) is 0 Å². The number of aliphatic carboxylic acids is 1. The molecule has 1 aliphatic heterocycles. The first kappa shape index (κ1) is 15.4. The zero-order valence-electron chi connectivity index (χ0n) is 10.7. The van der Waals surface area contributed by atoms with Crippen LogP contribution in [0.4, 0.5) is 5.69 Å². The number of morpholine rings is 1. The molecule has 1 heterocycles. The van der Waals surface area contributed by atoms with Gasteiger partial charge in [0, 0.05) is 18.2 Å². The minimum Gasteiger partial charge on any atom is -0.479 e. The molecule has 1 unspecified atom stereocenters. The fraction of sp³-hybridized carbons (Fsp3) is 0.333. The molecule has 0 aromatic heterocycles. The minimum atomic E-state index is -1.14. The van der Waals surface area contributed by atoms with Crippen LogP contribution in [0.25, 0.3) is 0 Å². The Hall–Kier alpha value is -2.00. The number of amides is 1. The number of nitro groups is 1. The Labute approximate surface area is 127 Å². The summed E-state index contributed by atoms with van der Waals surface area (Å²) in [6.45, 7) is 0.270. The predicted octanol–water partition coefficient (Wildman–Crippen LogP) is 1.28. The SMILES string of the molecule is O=C(O)C1CN(C(=O)c2ccc(Br)c([N+](=O)[O-])c2)CCO1. The molecule has 0 aliphatic carbocycles. The normalized spacial score (nSPS) is 18.3. The number of hydrogen-bond donors (Lipinski definition) is 1. The molecule has 0 spiro atoms. The van der Waals surface area contributed by atoms with E-state index < -0.39 is 22.9 Å². The highest BCUT2D eigenvalue weighted by Gasteiger charge is 2.30. The Kier molecular flexibility index (Phi) is 4.53. The van der Waals surface area contributed by atoms with Crippen molar-refractivity contribution in [2.45, 2.75) is 6.10 Å². The monoisotopic (exact) mass is 358 g/mol. The van der Waals surface area contributed by atoms with Crippen molar-refractivity contribution >= 4 is 33.5 Å². The molecule has 1 N–H and O–H groups in total. The molecule has 0 saturated carbocycles. The molecule has 1 amide bonds. The van der Waals surface area contributed by atoms with Crippen LogP contribution >= 0.6 is 15.9 Å². The summed E-state index contributed by atoms with van der Waals surface area (Å²) >= 11 is 3.04. The maximum Gasteiger partial charge on any atom is 0.334 e. The van der Waals surface area contributed by atoms with Gasteiger partial charge in [-0.3, -0.25) is 14.9 Å². The van der Waals surface area contributed by atoms with Crippen molar-refractivity contribution in [1.82, 2.24) is 4.90 Å². The highest BCUT2D eigenvalue weighted by atomic mass is 79.9. The lowest BCUT2D eigenvalue weighted by molar-refractivity contribution is -0.385. The van der Waals surface area contributed by atoms with E-state index in [9.17, 15) is 19.7 Å². The van der Waals surface area contributed by atoms with Gasteiger partial charge in [0.2, 0.25) is 0 Å². The average Bonchev–Trinajstić information content (AvgIpc) is 2.46. The lowest BCUT2D eigenvalue weighted by Gasteiger charge is -2.30. The van der Waals surface area contributed by atoms with Gasteiger partial charge in [-0.15, -0.1) is 0 Å². The molecule has 1 aromatic carbocycles. The molecule has 2 rings (SSSR count). The fourth-order valence-corrected chi connectivity index (χ4v) is 2.34. The first-order valence-corrected chi connectivity index (χ1v) is 6.77. The predicted molar refractivity (Wildman–Crippen MR) is 74.1 cm³/mol. The zero-order chi connectivity index (χ0) is 15.6. The van der Waals surface area contributed by atoms with Crippen LogP contribution in [-0.4, -0.2) is 52.6 Å². The summed E-state index contributed by atoms with van der Waals surface area (Å²) in [4.78, 5) is 34.8. The summed E-state index contributed by atoms with van der Waals surface area (Å²) in [5.74, 6) is -1.60. The number of carboxylic acid groups (broad SMARTS) is 1. The van der Waals surface area contributed by atoms with Crippen molar-refractivity contribution in [2.75, 3.05) is 19.7 Å².